The molecule has 1 heterocycles. The third kappa shape index (κ3) is 1.26. The van der Waals surface area contributed by atoms with E-state index in [1.807, 2.05) is 18.2 Å². The van der Waals surface area contributed by atoms with Gasteiger partial charge in [-0.1, -0.05) is 15.9 Å². The zero-order chi connectivity index (χ0) is 7.84. The molecular formula is C7H3BrClNO. The lowest BCUT2D eigenvalue weighted by Crippen LogP contribution is -1.66. The molecule has 0 unspecified atom stereocenters. The Morgan fingerprint density at radius 2 is 2.27 bits per heavy atom. The van der Waals surface area contributed by atoms with E-state index in [-0.39, 0.29) is 5.35 Å². The van der Waals surface area contributed by atoms with Crippen LogP contribution in [0.2, 0.25) is 5.35 Å². The molecule has 2 rings (SSSR count). The molecule has 0 aliphatic heterocycles. The molecule has 0 aliphatic carbocycles. The van der Waals surface area contributed by atoms with Crippen molar-refractivity contribution in [2.75, 3.05) is 0 Å². The van der Waals surface area contributed by atoms with Crippen LogP contribution in [0.15, 0.2) is 27.1 Å². The average molecular weight is 232 g/mol. The molecule has 11 heavy (non-hydrogen) atoms. The average Bonchev–Trinajstić information content (AvgIpc) is 2.27. The maximum atomic E-state index is 5.54. The van der Waals surface area contributed by atoms with Crippen molar-refractivity contribution in [3.8, 4) is 0 Å². The van der Waals surface area contributed by atoms with Crippen molar-refractivity contribution in [3.05, 3.63) is 28.0 Å². The summed E-state index contributed by atoms with van der Waals surface area (Å²) in [6, 6.07) is 5.56. The van der Waals surface area contributed by atoms with Crippen molar-refractivity contribution in [3.63, 3.8) is 0 Å². The van der Waals surface area contributed by atoms with Gasteiger partial charge in [0.15, 0.2) is 5.58 Å². The van der Waals surface area contributed by atoms with Gasteiger partial charge in [-0.15, -0.1) is 0 Å². The fraction of sp³-hybridized carbons (Fsp3) is 0. The van der Waals surface area contributed by atoms with Gasteiger partial charge in [0.1, 0.15) is 5.52 Å². The smallest absolute Gasteiger partial charge is 0.293 e. The first-order valence-corrected chi connectivity index (χ1v) is 4.14. The summed E-state index contributed by atoms with van der Waals surface area (Å²) in [5, 5.41) is 0.179. The summed E-state index contributed by atoms with van der Waals surface area (Å²) in [4.78, 5) is 3.93. The topological polar surface area (TPSA) is 26.0 Å². The minimum absolute atomic E-state index is 0.179. The Balaban J connectivity index is 2.82. The molecule has 0 aliphatic rings. The van der Waals surface area contributed by atoms with Crippen LogP contribution < -0.4 is 0 Å². The first-order valence-electron chi connectivity index (χ1n) is 2.97. The van der Waals surface area contributed by atoms with Gasteiger partial charge >= 0.3 is 0 Å². The van der Waals surface area contributed by atoms with Crippen molar-refractivity contribution >= 4 is 38.6 Å². The molecule has 0 bridgehead atoms. The number of hydrogen-bond donors (Lipinski definition) is 0. The van der Waals surface area contributed by atoms with Crippen molar-refractivity contribution < 1.29 is 4.42 Å². The van der Waals surface area contributed by atoms with Gasteiger partial charge in [-0.3, -0.25) is 0 Å². The Bertz CT molecular complexity index is 398. The second kappa shape index (κ2) is 2.50. The van der Waals surface area contributed by atoms with E-state index < -0.39 is 0 Å². The lowest BCUT2D eigenvalue weighted by atomic mass is 10.3. The number of benzene rings is 1. The van der Waals surface area contributed by atoms with Crippen LogP contribution in [0, 0.1) is 0 Å². The zero-order valence-corrected chi connectivity index (χ0v) is 7.69. The summed E-state index contributed by atoms with van der Waals surface area (Å²) in [7, 11) is 0. The largest absolute Gasteiger partial charge is 0.428 e. The van der Waals surface area contributed by atoms with Gasteiger partial charge in [0.05, 0.1) is 0 Å². The summed E-state index contributed by atoms with van der Waals surface area (Å²) in [5.41, 5.74) is 1.47. The standard InChI is InChI=1S/C7H3BrClNO/c8-4-1-2-5-6(3-4)11-7(9)10-5/h1-3H. The van der Waals surface area contributed by atoms with E-state index >= 15 is 0 Å². The van der Waals surface area contributed by atoms with Gasteiger partial charge in [0.2, 0.25) is 0 Å². The van der Waals surface area contributed by atoms with Crippen LogP contribution in [0.5, 0.6) is 0 Å². The second-order valence-electron chi connectivity index (χ2n) is 2.08. The first kappa shape index (κ1) is 7.13. The molecule has 1 aromatic carbocycles. The van der Waals surface area contributed by atoms with Crippen molar-refractivity contribution in [1.82, 2.24) is 4.98 Å². The van der Waals surface area contributed by atoms with Crippen LogP contribution in [0.25, 0.3) is 11.1 Å². The molecule has 56 valence electrons. The molecule has 0 radical (unpaired) electrons. The highest BCUT2D eigenvalue weighted by molar-refractivity contribution is 9.10. The molecule has 2 aromatic rings. The lowest BCUT2D eigenvalue weighted by Gasteiger charge is -1.85. The van der Waals surface area contributed by atoms with E-state index in [0.29, 0.717) is 5.58 Å². The predicted octanol–water partition coefficient (Wildman–Crippen LogP) is 3.24. The third-order valence-electron chi connectivity index (χ3n) is 1.32. The molecule has 0 saturated heterocycles. The minimum atomic E-state index is 0.179. The van der Waals surface area contributed by atoms with Gasteiger partial charge in [0, 0.05) is 4.47 Å². The number of rotatable bonds is 0. The molecule has 0 spiro atoms. The fourth-order valence-corrected chi connectivity index (χ4v) is 1.38. The normalized spacial score (nSPS) is 10.7. The molecule has 0 fully saturated rings. The van der Waals surface area contributed by atoms with Crippen LogP contribution in [0.3, 0.4) is 0 Å². The van der Waals surface area contributed by atoms with E-state index in [2.05, 4.69) is 20.9 Å². The van der Waals surface area contributed by atoms with Crippen LogP contribution >= 0.6 is 27.5 Å². The summed E-state index contributed by atoms with van der Waals surface area (Å²) >= 11 is 8.85. The second-order valence-corrected chi connectivity index (χ2v) is 3.32. The molecule has 0 saturated carbocycles. The number of aromatic nitrogens is 1. The highest BCUT2D eigenvalue weighted by atomic mass is 79.9. The molecule has 0 N–H and O–H groups in total. The van der Waals surface area contributed by atoms with E-state index in [4.69, 9.17) is 16.0 Å². The Morgan fingerprint density at radius 3 is 3.09 bits per heavy atom. The van der Waals surface area contributed by atoms with E-state index in [0.717, 1.165) is 9.99 Å². The van der Waals surface area contributed by atoms with E-state index in [1.165, 1.54) is 0 Å². The lowest BCUT2D eigenvalue weighted by molar-refractivity contribution is 0.604. The van der Waals surface area contributed by atoms with Crippen molar-refractivity contribution in [2.45, 2.75) is 0 Å². The quantitative estimate of drug-likeness (QED) is 0.697. The fourth-order valence-electron chi connectivity index (χ4n) is 0.870. The van der Waals surface area contributed by atoms with Crippen LogP contribution in [-0.2, 0) is 0 Å². The van der Waals surface area contributed by atoms with E-state index in [1.54, 1.807) is 0 Å². The number of fused-ring (bicyclic) bond motifs is 1. The van der Waals surface area contributed by atoms with Gasteiger partial charge in [-0.05, 0) is 29.8 Å². The number of nitrogens with zero attached hydrogens (tertiary/aromatic N) is 1. The van der Waals surface area contributed by atoms with E-state index in [9.17, 15) is 0 Å². The molecule has 1 aromatic heterocycles. The minimum Gasteiger partial charge on any atom is -0.428 e. The van der Waals surface area contributed by atoms with Gasteiger partial charge in [0.25, 0.3) is 5.35 Å². The maximum absolute atomic E-state index is 5.54. The molecule has 4 heteroatoms. The Hall–Kier alpha value is -0.540. The summed E-state index contributed by atoms with van der Waals surface area (Å²) in [6.07, 6.45) is 0. The van der Waals surface area contributed by atoms with Crippen molar-refractivity contribution in [1.29, 1.82) is 0 Å². The van der Waals surface area contributed by atoms with Crippen LogP contribution in [0.4, 0.5) is 0 Å². The number of halogens is 2. The van der Waals surface area contributed by atoms with Gasteiger partial charge in [-0.2, -0.15) is 4.98 Å². The van der Waals surface area contributed by atoms with Crippen molar-refractivity contribution in [2.24, 2.45) is 0 Å². The Kier molecular flexibility index (Phi) is 1.62. The monoisotopic (exact) mass is 231 g/mol. The highest BCUT2D eigenvalue weighted by Crippen LogP contribution is 2.22. The Morgan fingerprint density at radius 1 is 1.45 bits per heavy atom. The number of hydrogen-bond acceptors (Lipinski definition) is 2. The van der Waals surface area contributed by atoms with Gasteiger partial charge in [-0.25, -0.2) is 0 Å². The first-order chi connectivity index (χ1) is 5.25. The maximum Gasteiger partial charge on any atom is 0.293 e. The SMILES string of the molecule is Clc1nc2ccc(Br)cc2o1. The molecular weight excluding hydrogens is 229 g/mol. The predicted molar refractivity (Wildman–Crippen MR) is 46.7 cm³/mol. The summed E-state index contributed by atoms with van der Waals surface area (Å²) in [6.45, 7) is 0. The van der Waals surface area contributed by atoms with Crippen LogP contribution in [0.1, 0.15) is 0 Å². The van der Waals surface area contributed by atoms with Crippen LogP contribution in [-0.4, -0.2) is 4.98 Å². The number of oxazole rings is 1. The molecule has 0 atom stereocenters. The summed E-state index contributed by atoms with van der Waals surface area (Å²) < 4.78 is 6.03. The molecule has 0 amide bonds. The highest BCUT2D eigenvalue weighted by Gasteiger charge is 2.01. The Labute approximate surface area is 76.3 Å². The van der Waals surface area contributed by atoms with Gasteiger partial charge < -0.3 is 4.42 Å². The third-order valence-corrected chi connectivity index (χ3v) is 1.98. The molecule has 2 nitrogen and oxygen atoms in total. The summed E-state index contributed by atoms with van der Waals surface area (Å²) in [5.74, 6) is 0. The zero-order valence-electron chi connectivity index (χ0n) is 5.34.